The van der Waals surface area contributed by atoms with Crippen molar-refractivity contribution in [3.8, 4) is 0 Å². The first-order valence-corrected chi connectivity index (χ1v) is 11.8. The van der Waals surface area contributed by atoms with E-state index in [1.165, 1.54) is 23.4 Å². The van der Waals surface area contributed by atoms with Gasteiger partial charge in [0.1, 0.15) is 5.00 Å². The average Bonchev–Trinajstić information content (AvgIpc) is 3.35. The molecule has 178 valence electrons. The van der Waals surface area contributed by atoms with E-state index in [1.54, 1.807) is 6.21 Å². The lowest BCUT2D eigenvalue weighted by molar-refractivity contribution is -0.115. The molecule has 0 aliphatic carbocycles. The van der Waals surface area contributed by atoms with Gasteiger partial charge in [0.15, 0.2) is 0 Å². The topological polar surface area (TPSA) is 94.6 Å². The fourth-order valence-electron chi connectivity index (χ4n) is 3.48. The van der Waals surface area contributed by atoms with Gasteiger partial charge in [0.2, 0.25) is 6.41 Å². The van der Waals surface area contributed by atoms with E-state index in [2.05, 4.69) is 24.4 Å². The second kappa shape index (κ2) is 12.0. The molecule has 0 radical (unpaired) electrons. The number of hydroxylamine groups is 2. The number of nitrogens with zero attached hydrogens (tertiary/aromatic N) is 4. The zero-order valence-corrected chi connectivity index (χ0v) is 20.7. The highest BCUT2D eigenvalue weighted by Gasteiger charge is 2.35. The molecule has 9 nitrogen and oxygen atoms in total. The van der Waals surface area contributed by atoms with Gasteiger partial charge in [-0.1, -0.05) is 20.8 Å². The van der Waals surface area contributed by atoms with E-state index in [-0.39, 0.29) is 17.4 Å². The van der Waals surface area contributed by atoms with Gasteiger partial charge in [0.05, 0.1) is 24.3 Å². The smallest absolute Gasteiger partial charge is 0.279 e. The van der Waals surface area contributed by atoms with Crippen molar-refractivity contribution in [2.45, 2.75) is 40.5 Å². The van der Waals surface area contributed by atoms with Gasteiger partial charge in [-0.25, -0.2) is 5.06 Å². The van der Waals surface area contributed by atoms with Gasteiger partial charge in [0, 0.05) is 44.2 Å². The van der Waals surface area contributed by atoms with Gasteiger partial charge in [-0.2, -0.15) is 5.10 Å². The van der Waals surface area contributed by atoms with Crippen LogP contribution in [-0.2, 0) is 16.1 Å². The summed E-state index contributed by atoms with van der Waals surface area (Å²) in [4.78, 5) is 47.5. The van der Waals surface area contributed by atoms with Crippen LogP contribution in [0.1, 0.15) is 59.7 Å². The van der Waals surface area contributed by atoms with Crippen LogP contribution in [0.5, 0.6) is 0 Å². The molecule has 2 rings (SSSR count). The second-order valence-corrected chi connectivity index (χ2v) is 9.59. The van der Waals surface area contributed by atoms with Gasteiger partial charge in [0.25, 0.3) is 11.8 Å². The van der Waals surface area contributed by atoms with Crippen molar-refractivity contribution in [2.75, 3.05) is 45.2 Å². The summed E-state index contributed by atoms with van der Waals surface area (Å²) in [5.74, 6) is -0.263. The van der Waals surface area contributed by atoms with E-state index in [0.29, 0.717) is 55.4 Å². The lowest BCUT2D eigenvalue weighted by Crippen LogP contribution is -2.33. The number of hydrogen-bond donors (Lipinski definition) is 1. The molecule has 0 aromatic carbocycles. The number of thiophene rings is 1. The van der Waals surface area contributed by atoms with Gasteiger partial charge < -0.3 is 10.3 Å². The first kappa shape index (κ1) is 25.8. The highest BCUT2D eigenvalue weighted by molar-refractivity contribution is 7.17. The predicted octanol–water partition coefficient (Wildman–Crippen LogP) is 2.62. The third kappa shape index (κ3) is 6.29. The van der Waals surface area contributed by atoms with E-state index in [4.69, 9.17) is 4.84 Å². The number of carbonyl (C=O) groups is 3. The molecule has 1 N–H and O–H groups in total. The molecular formula is C22H35N5O4S. The molecule has 0 spiro atoms. The SMILES string of the molecule is CCN/N=C\CCc1sc(N(C)CC(C)C)c(C(=O)N(C)C=O)c1C(=O)N1CC(C)CO1. The fraction of sp³-hybridized carbons (Fsp3) is 0.636. The van der Waals surface area contributed by atoms with Crippen LogP contribution < -0.4 is 10.3 Å². The molecule has 1 unspecified atom stereocenters. The Hall–Kier alpha value is -2.46. The van der Waals surface area contributed by atoms with E-state index in [9.17, 15) is 14.4 Å². The van der Waals surface area contributed by atoms with Crippen LogP contribution in [0, 0.1) is 11.8 Å². The molecule has 1 atom stereocenters. The Balaban J connectivity index is 2.56. The van der Waals surface area contributed by atoms with E-state index >= 15 is 0 Å². The van der Waals surface area contributed by atoms with Crippen LogP contribution in [0.3, 0.4) is 0 Å². The summed E-state index contributed by atoms with van der Waals surface area (Å²) in [6.07, 6.45) is 3.39. The van der Waals surface area contributed by atoms with Crippen LogP contribution >= 0.6 is 11.3 Å². The number of aryl methyl sites for hydroxylation is 1. The van der Waals surface area contributed by atoms with Gasteiger partial charge in [-0.05, 0) is 25.7 Å². The molecule has 3 amide bonds. The summed E-state index contributed by atoms with van der Waals surface area (Å²) in [5, 5.41) is 6.15. The van der Waals surface area contributed by atoms with Crippen LogP contribution in [0.2, 0.25) is 0 Å². The summed E-state index contributed by atoms with van der Waals surface area (Å²) in [7, 11) is 3.31. The van der Waals surface area contributed by atoms with Crippen LogP contribution in [0.25, 0.3) is 0 Å². The summed E-state index contributed by atoms with van der Waals surface area (Å²) in [6, 6.07) is 0. The minimum atomic E-state index is -0.495. The Morgan fingerprint density at radius 1 is 1.34 bits per heavy atom. The largest absolute Gasteiger partial charge is 0.366 e. The first-order valence-electron chi connectivity index (χ1n) is 11.0. The molecule has 1 aliphatic heterocycles. The van der Waals surface area contributed by atoms with Crippen molar-refractivity contribution in [1.82, 2.24) is 15.4 Å². The number of nitrogens with one attached hydrogen (secondary N) is 1. The highest BCUT2D eigenvalue weighted by atomic mass is 32.1. The van der Waals surface area contributed by atoms with Crippen LogP contribution in [-0.4, -0.2) is 74.7 Å². The number of hydrogen-bond acceptors (Lipinski definition) is 8. The number of anilines is 1. The third-order valence-electron chi connectivity index (χ3n) is 4.91. The molecule has 1 aromatic rings. The van der Waals surface area contributed by atoms with Crippen molar-refractivity contribution in [3.63, 3.8) is 0 Å². The number of rotatable bonds is 11. The Bertz CT molecular complexity index is 839. The molecular weight excluding hydrogens is 430 g/mol. The van der Waals surface area contributed by atoms with Crippen molar-refractivity contribution in [2.24, 2.45) is 16.9 Å². The third-order valence-corrected chi connectivity index (χ3v) is 6.28. The van der Waals surface area contributed by atoms with Crippen LogP contribution in [0.15, 0.2) is 5.10 Å². The minimum absolute atomic E-state index is 0.216. The lowest BCUT2D eigenvalue weighted by atomic mass is 10.0. The van der Waals surface area contributed by atoms with Crippen molar-refractivity contribution in [1.29, 1.82) is 0 Å². The Morgan fingerprint density at radius 2 is 2.06 bits per heavy atom. The predicted molar refractivity (Wildman–Crippen MR) is 127 cm³/mol. The summed E-state index contributed by atoms with van der Waals surface area (Å²) in [6.45, 7) is 10.5. The summed E-state index contributed by atoms with van der Waals surface area (Å²) in [5.41, 5.74) is 3.48. The molecule has 1 saturated heterocycles. The van der Waals surface area contributed by atoms with Crippen molar-refractivity contribution in [3.05, 3.63) is 16.0 Å². The van der Waals surface area contributed by atoms with Crippen molar-refractivity contribution < 1.29 is 19.2 Å². The summed E-state index contributed by atoms with van der Waals surface area (Å²) >= 11 is 1.42. The molecule has 1 aliphatic rings. The van der Waals surface area contributed by atoms with Gasteiger partial charge in [-0.3, -0.25) is 24.1 Å². The summed E-state index contributed by atoms with van der Waals surface area (Å²) < 4.78 is 0. The molecule has 2 heterocycles. The Kier molecular flexibility index (Phi) is 9.64. The highest BCUT2D eigenvalue weighted by Crippen LogP contribution is 2.39. The molecule has 1 aromatic heterocycles. The van der Waals surface area contributed by atoms with E-state index in [0.717, 1.165) is 16.3 Å². The minimum Gasteiger partial charge on any atom is -0.366 e. The number of imide groups is 1. The lowest BCUT2D eigenvalue weighted by Gasteiger charge is -2.22. The van der Waals surface area contributed by atoms with Gasteiger partial charge >= 0.3 is 0 Å². The van der Waals surface area contributed by atoms with Gasteiger partial charge in [-0.15, -0.1) is 11.3 Å². The number of hydrazone groups is 1. The fourth-order valence-corrected chi connectivity index (χ4v) is 4.74. The quantitative estimate of drug-likeness (QED) is 0.307. The number of carbonyl (C=O) groups excluding carboxylic acids is 3. The molecule has 32 heavy (non-hydrogen) atoms. The van der Waals surface area contributed by atoms with E-state index in [1.807, 2.05) is 25.8 Å². The first-order chi connectivity index (χ1) is 15.2. The Labute approximate surface area is 194 Å². The zero-order chi connectivity index (χ0) is 23.8. The molecule has 0 saturated carbocycles. The van der Waals surface area contributed by atoms with E-state index < -0.39 is 5.91 Å². The number of amides is 3. The van der Waals surface area contributed by atoms with Crippen molar-refractivity contribution >= 4 is 40.8 Å². The maximum atomic E-state index is 13.5. The zero-order valence-electron chi connectivity index (χ0n) is 19.9. The maximum absolute atomic E-state index is 13.5. The second-order valence-electron chi connectivity index (χ2n) is 8.51. The standard InChI is InChI=1S/C22H35N5O4S/c1-7-23-24-10-8-9-17-18(21(30)27-12-16(4)13-31-27)19(20(29)26(6)14-28)22(32-17)25(5)11-15(2)3/h10,14-16,23H,7-9,11-13H2,1-6H3/b24-10-. The maximum Gasteiger partial charge on any atom is 0.279 e. The molecule has 10 heteroatoms. The average molecular weight is 466 g/mol. The Morgan fingerprint density at radius 3 is 2.62 bits per heavy atom. The van der Waals surface area contributed by atoms with Crippen LogP contribution in [0.4, 0.5) is 5.00 Å². The normalized spacial score (nSPS) is 16.1. The molecule has 0 bridgehead atoms. The monoisotopic (exact) mass is 465 g/mol. The molecule has 1 fully saturated rings.